The Morgan fingerprint density at radius 3 is 2.54 bits per heavy atom. The van der Waals surface area contributed by atoms with Gasteiger partial charge >= 0.3 is 0 Å². The van der Waals surface area contributed by atoms with Gasteiger partial charge in [-0.3, -0.25) is 0 Å². The molecule has 0 aliphatic carbocycles. The van der Waals surface area contributed by atoms with Gasteiger partial charge in [-0.05, 0) is 51.6 Å². The lowest BCUT2D eigenvalue weighted by Gasteiger charge is -2.22. The summed E-state index contributed by atoms with van der Waals surface area (Å²) in [6.07, 6.45) is 2.80. The number of benzene rings is 2. The standard InChI is InChI=1S/C23H29N3O2/c1-23(2,27)13-14-25(3)16-19-17-26(20-10-6-5-7-11-20)24-22(19)18-9-8-12-21(15-18)28-4/h5-12,15,17,27H,13-14,16H2,1-4H3. The van der Waals surface area contributed by atoms with Gasteiger partial charge in [0.05, 0.1) is 24.1 Å². The molecule has 2 aromatic carbocycles. The molecule has 0 aliphatic rings. The highest BCUT2D eigenvalue weighted by Gasteiger charge is 2.17. The first-order chi connectivity index (χ1) is 13.4. The molecule has 0 unspecified atom stereocenters. The smallest absolute Gasteiger partial charge is 0.119 e. The van der Waals surface area contributed by atoms with Gasteiger partial charge in [-0.1, -0.05) is 30.3 Å². The summed E-state index contributed by atoms with van der Waals surface area (Å²) in [5.41, 5.74) is 3.46. The average Bonchev–Trinajstić information content (AvgIpc) is 3.10. The van der Waals surface area contributed by atoms with E-state index in [9.17, 15) is 5.11 Å². The third kappa shape index (κ3) is 5.21. The number of nitrogens with zero attached hydrogens (tertiary/aromatic N) is 3. The first-order valence-electron chi connectivity index (χ1n) is 9.55. The van der Waals surface area contributed by atoms with Crippen LogP contribution in [0.3, 0.4) is 0 Å². The van der Waals surface area contributed by atoms with Crippen molar-refractivity contribution >= 4 is 0 Å². The van der Waals surface area contributed by atoms with Crippen molar-refractivity contribution in [1.29, 1.82) is 0 Å². The Hall–Kier alpha value is -2.63. The van der Waals surface area contributed by atoms with E-state index < -0.39 is 5.60 Å². The number of hydrogen-bond donors (Lipinski definition) is 1. The second-order valence-electron chi connectivity index (χ2n) is 7.82. The molecule has 0 fully saturated rings. The van der Waals surface area contributed by atoms with Crippen LogP contribution in [0.4, 0.5) is 0 Å². The molecule has 28 heavy (non-hydrogen) atoms. The summed E-state index contributed by atoms with van der Waals surface area (Å²) in [5, 5.41) is 14.9. The molecule has 0 saturated carbocycles. The SMILES string of the molecule is COc1cccc(-c2nn(-c3ccccc3)cc2CN(C)CCC(C)(C)O)c1. The van der Waals surface area contributed by atoms with Gasteiger partial charge in [0, 0.05) is 30.4 Å². The number of ether oxygens (including phenoxy) is 1. The van der Waals surface area contributed by atoms with Crippen molar-refractivity contribution in [1.82, 2.24) is 14.7 Å². The molecule has 5 nitrogen and oxygen atoms in total. The van der Waals surface area contributed by atoms with Crippen LogP contribution < -0.4 is 4.74 Å². The van der Waals surface area contributed by atoms with Crippen molar-refractivity contribution in [2.45, 2.75) is 32.4 Å². The fourth-order valence-electron chi connectivity index (χ4n) is 3.09. The molecule has 0 amide bonds. The van der Waals surface area contributed by atoms with Crippen LogP contribution in [0, 0.1) is 0 Å². The van der Waals surface area contributed by atoms with Crippen molar-refractivity contribution in [3.05, 3.63) is 66.4 Å². The van der Waals surface area contributed by atoms with Gasteiger partial charge in [0.1, 0.15) is 5.75 Å². The first-order valence-corrected chi connectivity index (χ1v) is 9.55. The fourth-order valence-corrected chi connectivity index (χ4v) is 3.09. The molecule has 0 saturated heterocycles. The van der Waals surface area contributed by atoms with E-state index >= 15 is 0 Å². The minimum absolute atomic E-state index is 0.669. The molecule has 3 aromatic rings. The van der Waals surface area contributed by atoms with Crippen LogP contribution >= 0.6 is 0 Å². The van der Waals surface area contributed by atoms with E-state index in [1.165, 1.54) is 0 Å². The van der Waals surface area contributed by atoms with Crippen molar-refractivity contribution in [3.8, 4) is 22.7 Å². The summed E-state index contributed by atoms with van der Waals surface area (Å²) in [6, 6.07) is 18.1. The Balaban J connectivity index is 1.93. The Morgan fingerprint density at radius 1 is 1.11 bits per heavy atom. The zero-order valence-electron chi connectivity index (χ0n) is 17.1. The molecule has 0 spiro atoms. The molecule has 5 heteroatoms. The predicted octanol–water partition coefficient (Wildman–Crippen LogP) is 4.14. The predicted molar refractivity (Wildman–Crippen MR) is 113 cm³/mol. The van der Waals surface area contributed by atoms with Crippen molar-refractivity contribution in [2.75, 3.05) is 20.7 Å². The molecule has 0 radical (unpaired) electrons. The molecule has 0 aliphatic heterocycles. The molecule has 3 rings (SSSR count). The molecule has 1 aromatic heterocycles. The zero-order valence-corrected chi connectivity index (χ0v) is 17.1. The summed E-state index contributed by atoms with van der Waals surface area (Å²) in [6.45, 7) is 5.24. The lowest BCUT2D eigenvalue weighted by atomic mass is 10.0. The van der Waals surface area contributed by atoms with E-state index in [-0.39, 0.29) is 0 Å². The maximum Gasteiger partial charge on any atom is 0.119 e. The van der Waals surface area contributed by atoms with Crippen LogP contribution in [0.25, 0.3) is 16.9 Å². The quantitative estimate of drug-likeness (QED) is 0.639. The molecular weight excluding hydrogens is 350 g/mol. The number of aromatic nitrogens is 2. The summed E-state index contributed by atoms with van der Waals surface area (Å²) in [5.74, 6) is 0.813. The van der Waals surface area contributed by atoms with E-state index in [1.807, 2.05) is 67.1 Å². The molecular formula is C23H29N3O2. The maximum absolute atomic E-state index is 10.0. The molecule has 1 heterocycles. The number of aliphatic hydroxyl groups is 1. The summed E-state index contributed by atoms with van der Waals surface area (Å²) < 4.78 is 7.32. The van der Waals surface area contributed by atoms with Crippen LogP contribution in [-0.2, 0) is 6.54 Å². The average molecular weight is 380 g/mol. The summed E-state index contributed by atoms with van der Waals surface area (Å²) >= 11 is 0. The third-order valence-corrected chi connectivity index (χ3v) is 4.70. The van der Waals surface area contributed by atoms with Gasteiger partial charge in [0.15, 0.2) is 0 Å². The molecule has 1 N–H and O–H groups in total. The highest BCUT2D eigenvalue weighted by Crippen LogP contribution is 2.27. The lowest BCUT2D eigenvalue weighted by Crippen LogP contribution is -2.28. The van der Waals surface area contributed by atoms with Gasteiger partial charge in [0.25, 0.3) is 0 Å². The maximum atomic E-state index is 10.0. The Labute approximate surface area is 167 Å². The van der Waals surface area contributed by atoms with Crippen LogP contribution in [0.5, 0.6) is 5.75 Å². The van der Waals surface area contributed by atoms with Gasteiger partial charge < -0.3 is 14.7 Å². The number of rotatable bonds is 8. The molecule has 148 valence electrons. The zero-order chi connectivity index (χ0) is 20.1. The number of para-hydroxylation sites is 1. The first kappa shape index (κ1) is 20.1. The van der Waals surface area contributed by atoms with Gasteiger partial charge in [-0.15, -0.1) is 0 Å². The minimum atomic E-state index is -0.669. The Bertz CT molecular complexity index is 898. The van der Waals surface area contributed by atoms with E-state index in [4.69, 9.17) is 9.84 Å². The fraction of sp³-hybridized carbons (Fsp3) is 0.348. The van der Waals surface area contributed by atoms with Gasteiger partial charge in [0.2, 0.25) is 0 Å². The largest absolute Gasteiger partial charge is 0.497 e. The minimum Gasteiger partial charge on any atom is -0.497 e. The Morgan fingerprint density at radius 2 is 1.86 bits per heavy atom. The highest BCUT2D eigenvalue weighted by molar-refractivity contribution is 5.65. The van der Waals surface area contributed by atoms with E-state index in [1.54, 1.807) is 7.11 Å². The summed E-state index contributed by atoms with van der Waals surface area (Å²) in [7, 11) is 3.74. The summed E-state index contributed by atoms with van der Waals surface area (Å²) in [4.78, 5) is 2.22. The van der Waals surface area contributed by atoms with Crippen molar-refractivity contribution in [2.24, 2.45) is 0 Å². The highest BCUT2D eigenvalue weighted by atomic mass is 16.5. The van der Waals surface area contributed by atoms with E-state index in [0.29, 0.717) is 6.42 Å². The number of hydrogen-bond acceptors (Lipinski definition) is 4. The lowest BCUT2D eigenvalue weighted by molar-refractivity contribution is 0.0600. The van der Waals surface area contributed by atoms with Crippen LogP contribution in [0.15, 0.2) is 60.8 Å². The van der Waals surface area contributed by atoms with Gasteiger partial charge in [-0.25, -0.2) is 4.68 Å². The van der Waals surface area contributed by atoms with Crippen LogP contribution in [0.2, 0.25) is 0 Å². The van der Waals surface area contributed by atoms with E-state index in [0.717, 1.165) is 41.3 Å². The normalized spacial score (nSPS) is 11.8. The van der Waals surface area contributed by atoms with Crippen molar-refractivity contribution in [3.63, 3.8) is 0 Å². The molecule has 0 bridgehead atoms. The van der Waals surface area contributed by atoms with Crippen LogP contribution in [0.1, 0.15) is 25.8 Å². The van der Waals surface area contributed by atoms with Crippen LogP contribution in [-0.4, -0.2) is 46.1 Å². The van der Waals surface area contributed by atoms with Gasteiger partial charge in [-0.2, -0.15) is 5.10 Å². The second kappa shape index (κ2) is 8.59. The third-order valence-electron chi connectivity index (χ3n) is 4.70. The Kier molecular flexibility index (Phi) is 6.17. The van der Waals surface area contributed by atoms with Crippen molar-refractivity contribution < 1.29 is 9.84 Å². The van der Waals surface area contributed by atoms with E-state index in [2.05, 4.69) is 24.2 Å². The number of methoxy groups -OCH3 is 1. The monoisotopic (exact) mass is 379 g/mol. The topological polar surface area (TPSA) is 50.5 Å². The molecule has 0 atom stereocenters. The second-order valence-corrected chi connectivity index (χ2v) is 7.82.